The molecule has 1 amide bonds. The summed E-state index contributed by atoms with van der Waals surface area (Å²) in [5, 5.41) is -0.882. The molecule has 1 unspecified atom stereocenters. The van der Waals surface area contributed by atoms with Crippen molar-refractivity contribution in [1.82, 2.24) is 9.21 Å². The fourth-order valence-electron chi connectivity index (χ4n) is 3.59. The third kappa shape index (κ3) is 4.96. The van der Waals surface area contributed by atoms with Gasteiger partial charge in [0.25, 0.3) is 0 Å². The molecule has 2 saturated heterocycles. The zero-order valence-electron chi connectivity index (χ0n) is 17.0. The first-order valence-electron chi connectivity index (χ1n) is 9.54. The van der Waals surface area contributed by atoms with Crippen LogP contribution in [0.15, 0.2) is 24.3 Å². The number of rotatable bonds is 6. The van der Waals surface area contributed by atoms with Crippen LogP contribution >= 0.6 is 0 Å². The van der Waals surface area contributed by atoms with Gasteiger partial charge in [-0.25, -0.2) is 16.8 Å². The molecule has 0 aromatic heterocycles. The second kappa shape index (κ2) is 8.94. The van der Waals surface area contributed by atoms with Gasteiger partial charge in [-0.2, -0.15) is 4.31 Å². The van der Waals surface area contributed by atoms with Crippen LogP contribution in [0, 0.1) is 0 Å². The van der Waals surface area contributed by atoms with E-state index in [1.807, 2.05) is 0 Å². The fourth-order valence-corrected chi connectivity index (χ4v) is 8.10. The molecular formula is C19H26N2O7S2. The van der Waals surface area contributed by atoms with Gasteiger partial charge in [-0.1, -0.05) is 0 Å². The summed E-state index contributed by atoms with van der Waals surface area (Å²) in [5.41, 5.74) is 0.718. The maximum atomic E-state index is 12.7. The second-order valence-corrected chi connectivity index (χ2v) is 11.7. The highest BCUT2D eigenvalue weighted by molar-refractivity contribution is 7.95. The van der Waals surface area contributed by atoms with Crippen molar-refractivity contribution in [2.75, 3.05) is 51.9 Å². The second-order valence-electron chi connectivity index (χ2n) is 7.24. The van der Waals surface area contributed by atoms with Gasteiger partial charge in [0.05, 0.1) is 31.0 Å². The van der Waals surface area contributed by atoms with Gasteiger partial charge in [-0.3, -0.25) is 4.79 Å². The van der Waals surface area contributed by atoms with Crippen LogP contribution in [0.4, 0.5) is 0 Å². The Morgan fingerprint density at radius 3 is 2.40 bits per heavy atom. The van der Waals surface area contributed by atoms with E-state index in [1.54, 1.807) is 36.3 Å². The number of carbonyl (C=O) groups is 1. The maximum absolute atomic E-state index is 12.7. The Bertz CT molecular complexity index is 1030. The summed E-state index contributed by atoms with van der Waals surface area (Å²) in [7, 11) is -3.88. The summed E-state index contributed by atoms with van der Waals surface area (Å²) in [6.45, 7) is 0.817. The lowest BCUT2D eigenvalue weighted by Gasteiger charge is -2.34. The molecule has 2 aliphatic heterocycles. The average molecular weight is 459 g/mol. The van der Waals surface area contributed by atoms with Gasteiger partial charge in [0.1, 0.15) is 11.5 Å². The Morgan fingerprint density at radius 2 is 1.83 bits per heavy atom. The largest absolute Gasteiger partial charge is 0.497 e. The molecule has 1 aromatic rings. The molecule has 30 heavy (non-hydrogen) atoms. The zero-order chi connectivity index (χ0) is 21.9. The average Bonchev–Trinajstić information content (AvgIpc) is 3.12. The number of hydrogen-bond donors (Lipinski definition) is 0. The molecule has 0 radical (unpaired) electrons. The van der Waals surface area contributed by atoms with Gasteiger partial charge in [-0.15, -0.1) is 0 Å². The van der Waals surface area contributed by atoms with Crippen molar-refractivity contribution in [2.24, 2.45) is 0 Å². The van der Waals surface area contributed by atoms with Crippen molar-refractivity contribution in [3.8, 4) is 11.5 Å². The molecule has 2 fully saturated rings. The number of carbonyl (C=O) groups excluding carboxylic acids is 1. The van der Waals surface area contributed by atoms with Crippen LogP contribution in [0.25, 0.3) is 6.08 Å². The molecule has 0 spiro atoms. The molecule has 2 aliphatic rings. The number of amides is 1. The summed E-state index contributed by atoms with van der Waals surface area (Å²) in [6.07, 6.45) is 3.21. The molecule has 0 saturated carbocycles. The van der Waals surface area contributed by atoms with Gasteiger partial charge in [0.2, 0.25) is 15.9 Å². The summed E-state index contributed by atoms with van der Waals surface area (Å²) in [5.74, 6) is 0.576. The monoisotopic (exact) mass is 458 g/mol. The highest BCUT2D eigenvalue weighted by Crippen LogP contribution is 2.26. The molecule has 0 bridgehead atoms. The summed E-state index contributed by atoms with van der Waals surface area (Å²) in [6, 6.07) is 5.26. The van der Waals surface area contributed by atoms with Gasteiger partial charge in [0, 0.05) is 43.9 Å². The summed E-state index contributed by atoms with van der Waals surface area (Å²) < 4.78 is 60.4. The van der Waals surface area contributed by atoms with Crippen LogP contribution in [0.2, 0.25) is 0 Å². The lowest BCUT2D eigenvalue weighted by atomic mass is 10.1. The first kappa shape index (κ1) is 22.6. The van der Waals surface area contributed by atoms with E-state index in [4.69, 9.17) is 9.47 Å². The number of piperazine rings is 1. The van der Waals surface area contributed by atoms with E-state index in [2.05, 4.69) is 0 Å². The van der Waals surface area contributed by atoms with Crippen LogP contribution in [0.1, 0.15) is 12.0 Å². The highest BCUT2D eigenvalue weighted by atomic mass is 32.2. The Balaban J connectivity index is 1.60. The van der Waals surface area contributed by atoms with E-state index in [0.717, 1.165) is 5.56 Å². The molecule has 11 heteroatoms. The smallest absolute Gasteiger partial charge is 0.246 e. The van der Waals surface area contributed by atoms with Crippen LogP contribution in [-0.2, 0) is 24.7 Å². The third-order valence-corrected chi connectivity index (χ3v) is 9.68. The summed E-state index contributed by atoms with van der Waals surface area (Å²) >= 11 is 0. The molecule has 9 nitrogen and oxygen atoms in total. The Labute approximate surface area is 177 Å². The Kier molecular flexibility index (Phi) is 6.73. The minimum atomic E-state index is -3.68. The number of ether oxygens (including phenoxy) is 2. The van der Waals surface area contributed by atoms with Crippen molar-refractivity contribution in [3.05, 3.63) is 29.8 Å². The van der Waals surface area contributed by atoms with Gasteiger partial charge in [0.15, 0.2) is 9.84 Å². The van der Waals surface area contributed by atoms with Crippen LogP contribution in [-0.4, -0.2) is 89.1 Å². The van der Waals surface area contributed by atoms with E-state index in [1.165, 1.54) is 17.5 Å². The normalized spacial score (nSPS) is 22.3. The topological polar surface area (TPSA) is 110 Å². The first-order valence-corrected chi connectivity index (χ1v) is 12.9. The molecule has 0 aliphatic carbocycles. The predicted octanol–water partition coefficient (Wildman–Crippen LogP) is 0.378. The molecule has 3 rings (SSSR count). The molecule has 1 atom stereocenters. The van der Waals surface area contributed by atoms with Crippen LogP contribution in [0.3, 0.4) is 0 Å². The van der Waals surface area contributed by atoms with Gasteiger partial charge >= 0.3 is 0 Å². The van der Waals surface area contributed by atoms with Crippen LogP contribution < -0.4 is 9.47 Å². The molecule has 0 N–H and O–H groups in total. The number of nitrogens with zero attached hydrogens (tertiary/aromatic N) is 2. The highest BCUT2D eigenvalue weighted by Gasteiger charge is 2.41. The number of benzene rings is 1. The van der Waals surface area contributed by atoms with Gasteiger partial charge in [-0.05, 0) is 24.6 Å². The van der Waals surface area contributed by atoms with E-state index >= 15 is 0 Å². The number of methoxy groups -OCH3 is 2. The molecule has 1 aromatic carbocycles. The summed E-state index contributed by atoms with van der Waals surface area (Å²) in [4.78, 5) is 14.1. The number of hydrogen-bond acceptors (Lipinski definition) is 7. The molecule has 166 valence electrons. The lowest BCUT2D eigenvalue weighted by Crippen LogP contribution is -2.52. The minimum absolute atomic E-state index is 0.0883. The standard InChI is InChI=1S/C19H26N2O7S2/c1-27-16-5-3-15(18(13-16)28-2)4-6-19(22)20-8-10-21(11-9-20)30(25,26)17-7-12-29(23,24)14-17/h3-6,13,17H,7-12,14H2,1-2H3/b6-4+. The Hall–Kier alpha value is -2.11. The third-order valence-electron chi connectivity index (χ3n) is 5.37. The van der Waals surface area contributed by atoms with E-state index in [9.17, 15) is 21.6 Å². The number of sulfonamides is 1. The molecule has 2 heterocycles. The van der Waals surface area contributed by atoms with E-state index in [0.29, 0.717) is 11.5 Å². The van der Waals surface area contributed by atoms with E-state index in [-0.39, 0.29) is 50.0 Å². The lowest BCUT2D eigenvalue weighted by molar-refractivity contribution is -0.127. The van der Waals surface area contributed by atoms with E-state index < -0.39 is 25.1 Å². The predicted molar refractivity (Wildman–Crippen MR) is 113 cm³/mol. The van der Waals surface area contributed by atoms with Crippen molar-refractivity contribution in [3.63, 3.8) is 0 Å². The van der Waals surface area contributed by atoms with Crippen molar-refractivity contribution >= 4 is 31.8 Å². The molecular weight excluding hydrogens is 432 g/mol. The maximum Gasteiger partial charge on any atom is 0.246 e. The zero-order valence-corrected chi connectivity index (χ0v) is 18.6. The minimum Gasteiger partial charge on any atom is -0.497 e. The van der Waals surface area contributed by atoms with Crippen molar-refractivity contribution in [2.45, 2.75) is 11.7 Å². The Morgan fingerprint density at radius 1 is 1.13 bits per heavy atom. The van der Waals surface area contributed by atoms with Gasteiger partial charge < -0.3 is 14.4 Å². The fraction of sp³-hybridized carbons (Fsp3) is 0.526. The van der Waals surface area contributed by atoms with Crippen LogP contribution in [0.5, 0.6) is 11.5 Å². The van der Waals surface area contributed by atoms with Crippen molar-refractivity contribution < 1.29 is 31.1 Å². The number of sulfone groups is 1. The quantitative estimate of drug-likeness (QED) is 0.567. The first-order chi connectivity index (χ1) is 14.2. The SMILES string of the molecule is COc1ccc(/C=C/C(=O)N2CCN(S(=O)(=O)C3CCS(=O)(=O)C3)CC2)c(OC)c1. The van der Waals surface area contributed by atoms with Crippen molar-refractivity contribution in [1.29, 1.82) is 0 Å².